The average Bonchev–Trinajstić information content (AvgIpc) is 2.90. The fraction of sp³-hybridized carbons (Fsp3) is 0.462. The lowest BCUT2D eigenvalue weighted by Gasteiger charge is -2.18. The molecule has 0 spiro atoms. The van der Waals surface area contributed by atoms with E-state index in [1.807, 2.05) is 0 Å². The first kappa shape index (κ1) is 16.7. The maximum atomic E-state index is 12.6. The molecule has 0 aliphatic carbocycles. The number of sulfonamides is 1. The first-order valence-electron chi connectivity index (χ1n) is 6.85. The Labute approximate surface area is 134 Å². The number of nitrogens with zero attached hydrogens (tertiary/aromatic N) is 5. The average molecular weight is 339 g/mol. The van der Waals surface area contributed by atoms with Crippen LogP contribution in [0.25, 0.3) is 5.65 Å². The van der Waals surface area contributed by atoms with Crippen LogP contribution in [-0.2, 0) is 10.0 Å². The minimum absolute atomic E-state index is 0.190. The van der Waals surface area contributed by atoms with E-state index in [4.69, 9.17) is 5.26 Å². The summed E-state index contributed by atoms with van der Waals surface area (Å²) >= 11 is 1.24. The molecule has 2 aromatic rings. The maximum Gasteiger partial charge on any atom is 0.244 e. The van der Waals surface area contributed by atoms with Gasteiger partial charge in [-0.15, -0.1) is 10.2 Å². The topological polar surface area (TPSA) is 91.4 Å². The molecule has 9 heteroatoms. The molecule has 0 radical (unpaired) electrons. The van der Waals surface area contributed by atoms with Gasteiger partial charge in [0.05, 0.1) is 16.2 Å². The number of nitriles is 1. The van der Waals surface area contributed by atoms with Gasteiger partial charge in [0, 0.05) is 19.3 Å². The Hall–Kier alpha value is -1.63. The van der Waals surface area contributed by atoms with E-state index in [0.717, 1.165) is 0 Å². The first-order valence-corrected chi connectivity index (χ1v) is 9.17. The van der Waals surface area contributed by atoms with Gasteiger partial charge in [0.15, 0.2) is 10.8 Å². The number of thioether (sulfide) groups is 1. The molecule has 0 saturated heterocycles. The molecule has 2 rings (SSSR count). The number of hydrogen-bond donors (Lipinski definition) is 0. The third-order valence-electron chi connectivity index (χ3n) is 3.15. The van der Waals surface area contributed by atoms with E-state index < -0.39 is 10.0 Å². The van der Waals surface area contributed by atoms with Gasteiger partial charge in [-0.25, -0.2) is 8.42 Å². The summed E-state index contributed by atoms with van der Waals surface area (Å²) in [6, 6.07) is 5.25. The minimum atomic E-state index is -3.54. The molecule has 0 fully saturated rings. The molecule has 2 aromatic heterocycles. The molecule has 1 atom stereocenters. The number of rotatable bonds is 6. The smallest absolute Gasteiger partial charge is 0.244 e. The molecule has 0 saturated carbocycles. The van der Waals surface area contributed by atoms with Gasteiger partial charge in [-0.05, 0) is 19.1 Å². The van der Waals surface area contributed by atoms with Crippen molar-refractivity contribution in [3.63, 3.8) is 0 Å². The van der Waals surface area contributed by atoms with Crippen LogP contribution in [0.5, 0.6) is 0 Å². The molecule has 7 nitrogen and oxygen atoms in total. The van der Waals surface area contributed by atoms with Crippen molar-refractivity contribution in [1.82, 2.24) is 18.9 Å². The van der Waals surface area contributed by atoms with E-state index in [1.54, 1.807) is 31.2 Å². The van der Waals surface area contributed by atoms with Crippen LogP contribution in [0.2, 0.25) is 0 Å². The standard InChI is InChI=1S/C13H17N5O2S2/c1-4-17(5-2)22(19,20)11-6-7-12-15-16-13(18(12)9-11)21-10(3)8-14/h6-7,9-10H,4-5H2,1-3H3. The minimum Gasteiger partial charge on any atom is -0.276 e. The Balaban J connectivity index is 2.50. The molecule has 2 heterocycles. The second-order valence-corrected chi connectivity index (χ2v) is 7.80. The molecule has 0 amide bonds. The third-order valence-corrected chi connectivity index (χ3v) is 6.13. The van der Waals surface area contributed by atoms with Crippen molar-refractivity contribution in [2.45, 2.75) is 36.1 Å². The van der Waals surface area contributed by atoms with Gasteiger partial charge in [-0.1, -0.05) is 25.6 Å². The second kappa shape index (κ2) is 6.64. The lowest BCUT2D eigenvalue weighted by atomic mass is 10.5. The highest BCUT2D eigenvalue weighted by Gasteiger charge is 2.23. The molecule has 0 bridgehead atoms. The van der Waals surface area contributed by atoms with Crippen molar-refractivity contribution >= 4 is 27.4 Å². The van der Waals surface area contributed by atoms with Crippen LogP contribution in [0.15, 0.2) is 28.4 Å². The summed E-state index contributed by atoms with van der Waals surface area (Å²) in [5.74, 6) is 0. The van der Waals surface area contributed by atoms with Gasteiger partial charge < -0.3 is 0 Å². The van der Waals surface area contributed by atoms with E-state index in [-0.39, 0.29) is 10.1 Å². The molecule has 0 aliphatic rings. The lowest BCUT2D eigenvalue weighted by Crippen LogP contribution is -2.30. The molecular weight excluding hydrogens is 322 g/mol. The Kier molecular flexibility index (Phi) is 5.05. The van der Waals surface area contributed by atoms with Crippen LogP contribution in [0.1, 0.15) is 20.8 Å². The summed E-state index contributed by atoms with van der Waals surface area (Å²) < 4.78 is 28.1. The summed E-state index contributed by atoms with van der Waals surface area (Å²) in [6.07, 6.45) is 1.51. The molecule has 0 aromatic carbocycles. The van der Waals surface area contributed by atoms with Crippen molar-refractivity contribution in [2.75, 3.05) is 13.1 Å². The highest BCUT2D eigenvalue weighted by atomic mass is 32.2. The molecule has 22 heavy (non-hydrogen) atoms. The predicted octanol–water partition coefficient (Wildman–Crippen LogP) is 1.76. The summed E-state index contributed by atoms with van der Waals surface area (Å²) in [5, 5.41) is 17.1. The quantitative estimate of drug-likeness (QED) is 0.745. The molecular formula is C13H17N5O2S2. The Morgan fingerprint density at radius 3 is 2.64 bits per heavy atom. The third kappa shape index (κ3) is 3.09. The van der Waals surface area contributed by atoms with Crippen LogP contribution in [0.4, 0.5) is 0 Å². The van der Waals surface area contributed by atoms with Gasteiger partial charge in [0.2, 0.25) is 10.0 Å². The van der Waals surface area contributed by atoms with Gasteiger partial charge in [-0.2, -0.15) is 9.57 Å². The summed E-state index contributed by atoms with van der Waals surface area (Å²) in [4.78, 5) is 0.190. The highest BCUT2D eigenvalue weighted by molar-refractivity contribution is 8.00. The van der Waals surface area contributed by atoms with E-state index in [1.165, 1.54) is 28.3 Å². The number of hydrogen-bond acceptors (Lipinski definition) is 6. The normalized spacial score (nSPS) is 13.4. The monoisotopic (exact) mass is 339 g/mol. The van der Waals surface area contributed by atoms with Crippen molar-refractivity contribution in [1.29, 1.82) is 5.26 Å². The molecule has 0 N–H and O–H groups in total. The summed E-state index contributed by atoms with van der Waals surface area (Å²) in [6.45, 7) is 6.17. The van der Waals surface area contributed by atoms with Crippen LogP contribution in [0.3, 0.4) is 0 Å². The summed E-state index contributed by atoms with van der Waals surface area (Å²) in [5.41, 5.74) is 0.547. The Morgan fingerprint density at radius 1 is 1.36 bits per heavy atom. The fourth-order valence-electron chi connectivity index (χ4n) is 1.98. The molecule has 118 valence electrons. The van der Waals surface area contributed by atoms with E-state index in [0.29, 0.717) is 23.9 Å². The second-order valence-electron chi connectivity index (χ2n) is 4.55. The SMILES string of the molecule is CCN(CC)S(=O)(=O)c1ccc2nnc(SC(C)C#N)n2c1. The van der Waals surface area contributed by atoms with E-state index in [9.17, 15) is 8.42 Å². The van der Waals surface area contributed by atoms with Crippen LogP contribution >= 0.6 is 11.8 Å². The molecule has 1 unspecified atom stereocenters. The number of fused-ring (bicyclic) bond motifs is 1. The van der Waals surface area contributed by atoms with E-state index in [2.05, 4.69) is 16.3 Å². The van der Waals surface area contributed by atoms with Gasteiger partial charge in [0.25, 0.3) is 0 Å². The van der Waals surface area contributed by atoms with E-state index >= 15 is 0 Å². The maximum absolute atomic E-state index is 12.6. The van der Waals surface area contributed by atoms with Gasteiger partial charge in [0.1, 0.15) is 0 Å². The van der Waals surface area contributed by atoms with Gasteiger partial charge in [-0.3, -0.25) is 4.40 Å². The van der Waals surface area contributed by atoms with Gasteiger partial charge >= 0.3 is 0 Å². The van der Waals surface area contributed by atoms with Crippen molar-refractivity contribution in [3.8, 4) is 6.07 Å². The largest absolute Gasteiger partial charge is 0.276 e. The fourth-order valence-corrected chi connectivity index (χ4v) is 4.15. The summed E-state index contributed by atoms with van der Waals surface area (Å²) in [7, 11) is -3.54. The van der Waals surface area contributed by atoms with Crippen molar-refractivity contribution < 1.29 is 8.42 Å². The predicted molar refractivity (Wildman–Crippen MR) is 84.0 cm³/mol. The zero-order valence-corrected chi connectivity index (χ0v) is 14.2. The lowest BCUT2D eigenvalue weighted by molar-refractivity contribution is 0.445. The Morgan fingerprint density at radius 2 is 2.05 bits per heavy atom. The van der Waals surface area contributed by atoms with Crippen molar-refractivity contribution in [2.24, 2.45) is 0 Å². The first-order chi connectivity index (χ1) is 10.4. The zero-order chi connectivity index (χ0) is 16.3. The van der Waals surface area contributed by atoms with Crippen molar-refractivity contribution in [3.05, 3.63) is 18.3 Å². The number of pyridine rings is 1. The highest BCUT2D eigenvalue weighted by Crippen LogP contribution is 2.23. The van der Waals surface area contributed by atoms with Crippen LogP contribution in [-0.4, -0.2) is 45.7 Å². The zero-order valence-electron chi connectivity index (χ0n) is 12.6. The van der Waals surface area contributed by atoms with Crippen LogP contribution < -0.4 is 0 Å². The Bertz CT molecular complexity index is 805. The van der Waals surface area contributed by atoms with Crippen LogP contribution in [0, 0.1) is 11.3 Å². The molecule has 0 aliphatic heterocycles. The number of aromatic nitrogens is 3.